The van der Waals surface area contributed by atoms with Gasteiger partial charge in [0.05, 0.1) is 22.9 Å². The van der Waals surface area contributed by atoms with Crippen LogP contribution in [0.1, 0.15) is 0 Å². The lowest BCUT2D eigenvalue weighted by molar-refractivity contribution is 0.580. The summed E-state index contributed by atoms with van der Waals surface area (Å²) in [6.45, 7) is 0. The van der Waals surface area contributed by atoms with Crippen LogP contribution in [-0.4, -0.2) is 20.2 Å². The van der Waals surface area contributed by atoms with Gasteiger partial charge < -0.3 is 9.40 Å². The Kier molecular flexibility index (Phi) is 3.03. The van der Waals surface area contributed by atoms with Crippen LogP contribution in [0.4, 0.5) is 0 Å². The molecule has 0 radical (unpaired) electrons. The Morgan fingerprint density at radius 2 is 1.68 bits per heavy atom. The van der Waals surface area contributed by atoms with Crippen molar-refractivity contribution in [2.45, 2.75) is 0 Å². The van der Waals surface area contributed by atoms with Gasteiger partial charge in [0, 0.05) is 5.56 Å². The third-order valence-electron chi connectivity index (χ3n) is 4.21. The number of para-hydroxylation sites is 2. The van der Waals surface area contributed by atoms with Crippen LogP contribution in [0.25, 0.3) is 45.1 Å². The third kappa shape index (κ3) is 2.25. The summed E-state index contributed by atoms with van der Waals surface area (Å²) in [5.41, 5.74) is 5.48. The molecule has 5 rings (SSSR count). The monoisotopic (exact) mass is 326 g/mol. The average Bonchev–Trinajstić information content (AvgIpc) is 3.39. The summed E-state index contributed by atoms with van der Waals surface area (Å²) in [6, 6.07) is 21.8. The zero-order valence-corrected chi connectivity index (χ0v) is 13.2. The van der Waals surface area contributed by atoms with Crippen LogP contribution in [-0.2, 0) is 0 Å². The first-order valence-corrected chi connectivity index (χ1v) is 8.03. The fourth-order valence-corrected chi connectivity index (χ4v) is 3.05. The van der Waals surface area contributed by atoms with Crippen molar-refractivity contribution in [2.24, 2.45) is 0 Å². The van der Waals surface area contributed by atoms with Gasteiger partial charge in [-0.3, -0.25) is 5.10 Å². The van der Waals surface area contributed by atoms with E-state index in [1.807, 2.05) is 66.7 Å². The molecular formula is C20H14N4O. The van der Waals surface area contributed by atoms with Gasteiger partial charge in [-0.2, -0.15) is 5.10 Å². The molecule has 0 aliphatic rings. The number of nitrogens with one attached hydrogen (secondary N) is 2. The molecule has 5 aromatic rings. The van der Waals surface area contributed by atoms with Gasteiger partial charge in [0.1, 0.15) is 17.2 Å². The topological polar surface area (TPSA) is 70.5 Å². The van der Waals surface area contributed by atoms with Gasteiger partial charge >= 0.3 is 0 Å². The minimum absolute atomic E-state index is 0.727. The molecule has 3 heterocycles. The van der Waals surface area contributed by atoms with Gasteiger partial charge in [-0.05, 0) is 24.3 Å². The number of benzene rings is 2. The van der Waals surface area contributed by atoms with E-state index in [4.69, 9.17) is 9.40 Å². The average molecular weight is 326 g/mol. The molecule has 0 spiro atoms. The van der Waals surface area contributed by atoms with Gasteiger partial charge in [0.25, 0.3) is 0 Å². The molecule has 0 aliphatic carbocycles. The van der Waals surface area contributed by atoms with Crippen LogP contribution in [0.2, 0.25) is 0 Å². The maximum absolute atomic E-state index is 5.59. The molecule has 0 bridgehead atoms. The van der Waals surface area contributed by atoms with Crippen LogP contribution in [0.15, 0.2) is 77.4 Å². The number of aromatic amines is 2. The van der Waals surface area contributed by atoms with E-state index in [0.717, 1.165) is 45.1 Å². The molecule has 0 atom stereocenters. The Balaban J connectivity index is 1.79. The van der Waals surface area contributed by atoms with Crippen LogP contribution in [0.3, 0.4) is 0 Å². The standard InChI is InChI=1S/C20H14N4O/c1-2-7-13(8-3-1)18-17(19(24-23-18)16-11-6-12-25-16)20-21-14-9-4-5-10-15(14)22-20/h1-12H,(H,21,22)(H,23,24). The summed E-state index contributed by atoms with van der Waals surface area (Å²) in [5.74, 6) is 1.49. The summed E-state index contributed by atoms with van der Waals surface area (Å²) in [6.07, 6.45) is 1.65. The van der Waals surface area contributed by atoms with E-state index in [1.54, 1.807) is 6.26 Å². The molecule has 3 aromatic heterocycles. The molecule has 5 heteroatoms. The molecule has 0 unspecified atom stereocenters. The maximum Gasteiger partial charge on any atom is 0.152 e. The van der Waals surface area contributed by atoms with E-state index in [9.17, 15) is 0 Å². The van der Waals surface area contributed by atoms with Crippen LogP contribution >= 0.6 is 0 Å². The molecule has 120 valence electrons. The highest BCUT2D eigenvalue weighted by atomic mass is 16.3. The van der Waals surface area contributed by atoms with Crippen LogP contribution < -0.4 is 0 Å². The Bertz CT molecular complexity index is 1100. The number of hydrogen-bond acceptors (Lipinski definition) is 3. The zero-order chi connectivity index (χ0) is 16.6. The lowest BCUT2D eigenvalue weighted by Gasteiger charge is -2.02. The lowest BCUT2D eigenvalue weighted by atomic mass is 10.0. The Morgan fingerprint density at radius 1 is 0.840 bits per heavy atom. The predicted molar refractivity (Wildman–Crippen MR) is 96.8 cm³/mol. The smallest absolute Gasteiger partial charge is 0.152 e. The van der Waals surface area contributed by atoms with Gasteiger partial charge in [0.15, 0.2) is 5.76 Å². The molecule has 5 nitrogen and oxygen atoms in total. The van der Waals surface area contributed by atoms with Crippen molar-refractivity contribution in [1.29, 1.82) is 0 Å². The van der Waals surface area contributed by atoms with Crippen LogP contribution in [0, 0.1) is 0 Å². The molecule has 0 saturated heterocycles. The van der Waals surface area contributed by atoms with Gasteiger partial charge in [-0.25, -0.2) is 4.98 Å². The van der Waals surface area contributed by atoms with Crippen molar-refractivity contribution in [2.75, 3.05) is 0 Å². The highest BCUT2D eigenvalue weighted by Gasteiger charge is 2.22. The number of fused-ring (bicyclic) bond motifs is 1. The van der Waals surface area contributed by atoms with E-state index in [0.29, 0.717) is 0 Å². The van der Waals surface area contributed by atoms with Crippen LogP contribution in [0.5, 0.6) is 0 Å². The first-order valence-electron chi connectivity index (χ1n) is 8.03. The minimum atomic E-state index is 0.727. The minimum Gasteiger partial charge on any atom is -0.463 e. The SMILES string of the molecule is c1ccc(-c2n[nH]c(-c3ccco3)c2-c2nc3ccccc3[nH]2)cc1. The summed E-state index contributed by atoms with van der Waals surface area (Å²) >= 11 is 0. The Hall–Kier alpha value is -3.60. The second-order valence-corrected chi connectivity index (χ2v) is 5.77. The maximum atomic E-state index is 5.59. The largest absolute Gasteiger partial charge is 0.463 e. The van der Waals surface area contributed by atoms with E-state index in [2.05, 4.69) is 15.2 Å². The molecular weight excluding hydrogens is 312 g/mol. The number of furan rings is 1. The Morgan fingerprint density at radius 3 is 2.48 bits per heavy atom. The van der Waals surface area contributed by atoms with E-state index >= 15 is 0 Å². The van der Waals surface area contributed by atoms with Crippen molar-refractivity contribution in [3.63, 3.8) is 0 Å². The fourth-order valence-electron chi connectivity index (χ4n) is 3.05. The second kappa shape index (κ2) is 5.49. The molecule has 2 aromatic carbocycles. The first kappa shape index (κ1) is 13.8. The zero-order valence-electron chi connectivity index (χ0n) is 13.2. The van der Waals surface area contributed by atoms with E-state index < -0.39 is 0 Å². The Labute approximate surface area is 143 Å². The fraction of sp³-hybridized carbons (Fsp3) is 0. The summed E-state index contributed by atoms with van der Waals surface area (Å²) < 4.78 is 5.59. The highest BCUT2D eigenvalue weighted by molar-refractivity contribution is 5.90. The quantitative estimate of drug-likeness (QED) is 0.496. The second-order valence-electron chi connectivity index (χ2n) is 5.77. The number of nitrogens with zero attached hydrogens (tertiary/aromatic N) is 2. The van der Waals surface area contributed by atoms with Crippen molar-refractivity contribution in [1.82, 2.24) is 20.2 Å². The normalized spacial score (nSPS) is 11.2. The van der Waals surface area contributed by atoms with Crippen molar-refractivity contribution < 1.29 is 4.42 Å². The summed E-state index contributed by atoms with van der Waals surface area (Å²) in [5, 5.41) is 7.66. The van der Waals surface area contributed by atoms with Crippen molar-refractivity contribution in [3.8, 4) is 34.1 Å². The number of rotatable bonds is 3. The summed E-state index contributed by atoms with van der Waals surface area (Å²) in [7, 11) is 0. The van der Waals surface area contributed by atoms with Crippen molar-refractivity contribution in [3.05, 3.63) is 73.0 Å². The third-order valence-corrected chi connectivity index (χ3v) is 4.21. The van der Waals surface area contributed by atoms with Gasteiger partial charge in [0.2, 0.25) is 0 Å². The lowest BCUT2D eigenvalue weighted by Crippen LogP contribution is -1.86. The predicted octanol–water partition coefficient (Wildman–Crippen LogP) is 4.88. The number of H-pyrrole nitrogens is 2. The molecule has 2 N–H and O–H groups in total. The molecule has 0 fully saturated rings. The summed E-state index contributed by atoms with van der Waals surface area (Å²) in [4.78, 5) is 8.15. The molecule has 0 aliphatic heterocycles. The molecule has 0 saturated carbocycles. The van der Waals surface area contributed by atoms with Gasteiger partial charge in [-0.1, -0.05) is 42.5 Å². The van der Waals surface area contributed by atoms with Crippen molar-refractivity contribution >= 4 is 11.0 Å². The highest BCUT2D eigenvalue weighted by Crippen LogP contribution is 2.37. The van der Waals surface area contributed by atoms with Gasteiger partial charge in [-0.15, -0.1) is 0 Å². The van der Waals surface area contributed by atoms with E-state index in [1.165, 1.54) is 0 Å². The first-order chi connectivity index (χ1) is 12.4. The number of hydrogen-bond donors (Lipinski definition) is 2. The van der Waals surface area contributed by atoms with E-state index in [-0.39, 0.29) is 0 Å². The molecule has 25 heavy (non-hydrogen) atoms. The number of aromatic nitrogens is 4. The molecule has 0 amide bonds. The number of imidazole rings is 1.